The van der Waals surface area contributed by atoms with Crippen LogP contribution in [0.1, 0.15) is 35.6 Å². The van der Waals surface area contributed by atoms with Crippen molar-refractivity contribution in [2.24, 2.45) is 0 Å². The second kappa shape index (κ2) is 4.57. The fraction of sp³-hybridized carbons (Fsp3) is 0.167. The van der Waals surface area contributed by atoms with Crippen molar-refractivity contribution in [2.45, 2.75) is 18.9 Å². The van der Waals surface area contributed by atoms with Crippen LogP contribution in [0.15, 0.2) is 60.2 Å². The smallest absolute Gasteiger partial charge is 0.0763 e. The average Bonchev–Trinajstić information content (AvgIpc) is 2.82. The first-order valence-corrected chi connectivity index (χ1v) is 7.42. The number of piperidine rings is 1. The molecule has 0 aromatic heterocycles. The van der Waals surface area contributed by atoms with Crippen LogP contribution in [0.4, 0.5) is 0 Å². The number of benzene rings is 2. The van der Waals surface area contributed by atoms with Gasteiger partial charge in [0, 0.05) is 6.42 Å². The third-order valence-electron chi connectivity index (χ3n) is 4.20. The molecule has 0 amide bonds. The lowest BCUT2D eigenvalue weighted by Crippen LogP contribution is -2.31. The summed E-state index contributed by atoms with van der Waals surface area (Å²) < 4.78 is 0. The maximum Gasteiger partial charge on any atom is 0.0763 e. The Balaban J connectivity index is 1.95. The van der Waals surface area contributed by atoms with Gasteiger partial charge in [-0.15, -0.1) is 0 Å². The molecule has 0 radical (unpaired) electrons. The Hall–Kier alpha value is -1.93. The van der Waals surface area contributed by atoms with Crippen LogP contribution in [-0.4, -0.2) is 4.99 Å². The van der Waals surface area contributed by atoms with E-state index in [1.807, 2.05) is 0 Å². The lowest BCUT2D eigenvalue weighted by molar-refractivity contribution is 0.679. The Bertz CT molecular complexity index is 715. The van der Waals surface area contributed by atoms with E-state index >= 15 is 0 Å². The van der Waals surface area contributed by atoms with Gasteiger partial charge in [-0.3, -0.25) is 0 Å². The van der Waals surface area contributed by atoms with Gasteiger partial charge in [0.15, 0.2) is 0 Å². The Labute approximate surface area is 124 Å². The lowest BCUT2D eigenvalue weighted by atomic mass is 9.93. The molecule has 2 aromatic carbocycles. The molecule has 1 aliphatic carbocycles. The number of hydrogen-bond donors (Lipinski definition) is 1. The SMILES string of the molecule is S=C1CCC2=C(c3ccccc3)c3ccccc3C2N1. The van der Waals surface area contributed by atoms with Crippen molar-refractivity contribution < 1.29 is 0 Å². The van der Waals surface area contributed by atoms with E-state index in [1.54, 1.807) is 0 Å². The molecule has 2 heteroatoms. The molecule has 1 fully saturated rings. The molecule has 1 atom stereocenters. The molecule has 1 N–H and O–H groups in total. The molecule has 0 saturated carbocycles. The van der Waals surface area contributed by atoms with E-state index in [2.05, 4.69) is 59.9 Å². The number of thiocarbonyl (C=S) groups is 1. The molecular formula is C18H15NS. The zero-order valence-corrected chi connectivity index (χ0v) is 11.9. The van der Waals surface area contributed by atoms with Crippen LogP contribution in [0.3, 0.4) is 0 Å². The maximum absolute atomic E-state index is 5.38. The van der Waals surface area contributed by atoms with Crippen molar-refractivity contribution in [1.82, 2.24) is 5.32 Å². The third-order valence-corrected chi connectivity index (χ3v) is 4.52. The predicted octanol–water partition coefficient (Wildman–Crippen LogP) is 4.25. The second-order valence-corrected chi connectivity index (χ2v) is 5.85. The Kier molecular flexibility index (Phi) is 2.71. The molecule has 1 aliphatic heterocycles. The van der Waals surface area contributed by atoms with Crippen LogP contribution in [0.5, 0.6) is 0 Å². The summed E-state index contributed by atoms with van der Waals surface area (Å²) in [5.41, 5.74) is 6.93. The lowest BCUT2D eigenvalue weighted by Gasteiger charge is -2.25. The fourth-order valence-corrected chi connectivity index (χ4v) is 3.56. The predicted molar refractivity (Wildman–Crippen MR) is 86.6 cm³/mol. The van der Waals surface area contributed by atoms with Gasteiger partial charge in [0.05, 0.1) is 11.0 Å². The molecule has 4 rings (SSSR count). The molecule has 0 spiro atoms. The van der Waals surface area contributed by atoms with E-state index in [1.165, 1.54) is 27.8 Å². The number of fused-ring (bicyclic) bond motifs is 3. The van der Waals surface area contributed by atoms with Crippen molar-refractivity contribution in [3.05, 3.63) is 76.9 Å². The first kappa shape index (κ1) is 11.9. The summed E-state index contributed by atoms with van der Waals surface area (Å²) in [4.78, 5) is 0.989. The topological polar surface area (TPSA) is 12.0 Å². The van der Waals surface area contributed by atoms with Gasteiger partial charge < -0.3 is 5.32 Å². The molecule has 20 heavy (non-hydrogen) atoms. The highest BCUT2D eigenvalue weighted by atomic mass is 32.1. The van der Waals surface area contributed by atoms with E-state index in [4.69, 9.17) is 12.2 Å². The van der Waals surface area contributed by atoms with Gasteiger partial charge in [-0.1, -0.05) is 66.8 Å². The van der Waals surface area contributed by atoms with Crippen molar-refractivity contribution in [1.29, 1.82) is 0 Å². The second-order valence-electron chi connectivity index (χ2n) is 5.35. The molecule has 1 saturated heterocycles. The van der Waals surface area contributed by atoms with Crippen LogP contribution in [-0.2, 0) is 0 Å². The van der Waals surface area contributed by atoms with Gasteiger partial charge in [-0.25, -0.2) is 0 Å². The highest BCUT2D eigenvalue weighted by molar-refractivity contribution is 7.80. The molecule has 98 valence electrons. The van der Waals surface area contributed by atoms with Gasteiger partial charge in [0.25, 0.3) is 0 Å². The van der Waals surface area contributed by atoms with Crippen LogP contribution >= 0.6 is 12.2 Å². The van der Waals surface area contributed by atoms with Gasteiger partial charge in [0.1, 0.15) is 0 Å². The highest BCUT2D eigenvalue weighted by Gasteiger charge is 2.34. The van der Waals surface area contributed by atoms with Gasteiger partial charge in [-0.05, 0) is 34.3 Å². The van der Waals surface area contributed by atoms with Crippen LogP contribution in [0.2, 0.25) is 0 Å². The molecule has 0 bridgehead atoms. The standard InChI is InChI=1S/C18H15NS/c20-16-11-10-15-17(12-6-2-1-3-7-12)13-8-4-5-9-14(13)18(15)19-16/h1-9,18H,10-11H2,(H,19,20). The van der Waals surface area contributed by atoms with Gasteiger partial charge in [0.2, 0.25) is 0 Å². The van der Waals surface area contributed by atoms with Gasteiger partial charge >= 0.3 is 0 Å². The Morgan fingerprint density at radius 1 is 0.900 bits per heavy atom. The van der Waals surface area contributed by atoms with E-state index in [0.717, 1.165) is 17.8 Å². The summed E-state index contributed by atoms with van der Waals surface area (Å²) in [5, 5.41) is 3.51. The number of rotatable bonds is 1. The summed E-state index contributed by atoms with van der Waals surface area (Å²) in [6.45, 7) is 0. The molecule has 1 heterocycles. The summed E-state index contributed by atoms with van der Waals surface area (Å²) in [7, 11) is 0. The van der Waals surface area contributed by atoms with Crippen LogP contribution < -0.4 is 5.32 Å². The van der Waals surface area contributed by atoms with Crippen LogP contribution in [0, 0.1) is 0 Å². The Morgan fingerprint density at radius 2 is 1.65 bits per heavy atom. The van der Waals surface area contributed by atoms with Gasteiger partial charge in [-0.2, -0.15) is 0 Å². The zero-order chi connectivity index (χ0) is 13.5. The monoisotopic (exact) mass is 277 g/mol. The quantitative estimate of drug-likeness (QED) is 0.782. The third kappa shape index (κ3) is 1.72. The summed E-state index contributed by atoms with van der Waals surface area (Å²) in [6, 6.07) is 19.7. The minimum Gasteiger partial charge on any atom is -0.369 e. The average molecular weight is 277 g/mol. The van der Waals surface area contributed by atoms with Crippen molar-refractivity contribution in [3.63, 3.8) is 0 Å². The largest absolute Gasteiger partial charge is 0.369 e. The van der Waals surface area contributed by atoms with E-state index in [-0.39, 0.29) is 6.04 Å². The van der Waals surface area contributed by atoms with Crippen molar-refractivity contribution in [2.75, 3.05) is 0 Å². The summed E-state index contributed by atoms with van der Waals surface area (Å²) in [5.74, 6) is 0. The van der Waals surface area contributed by atoms with E-state index in [9.17, 15) is 0 Å². The fourth-order valence-electron chi connectivity index (χ4n) is 3.34. The summed E-state index contributed by atoms with van der Waals surface area (Å²) in [6.07, 6.45) is 2.03. The van der Waals surface area contributed by atoms with E-state index in [0.29, 0.717) is 0 Å². The summed E-state index contributed by atoms with van der Waals surface area (Å²) >= 11 is 5.38. The normalized spacial score (nSPS) is 20.4. The molecular weight excluding hydrogens is 262 g/mol. The Morgan fingerprint density at radius 3 is 2.50 bits per heavy atom. The number of hydrogen-bond acceptors (Lipinski definition) is 1. The zero-order valence-electron chi connectivity index (χ0n) is 11.1. The van der Waals surface area contributed by atoms with E-state index < -0.39 is 0 Å². The first-order chi connectivity index (χ1) is 9.84. The maximum atomic E-state index is 5.38. The minimum atomic E-state index is 0.280. The highest BCUT2D eigenvalue weighted by Crippen LogP contribution is 2.46. The van der Waals surface area contributed by atoms with Crippen LogP contribution in [0.25, 0.3) is 5.57 Å². The molecule has 1 unspecified atom stereocenters. The molecule has 1 nitrogen and oxygen atoms in total. The first-order valence-electron chi connectivity index (χ1n) is 7.02. The van der Waals surface area contributed by atoms with Crippen molar-refractivity contribution >= 4 is 22.8 Å². The number of nitrogens with one attached hydrogen (secondary N) is 1. The van der Waals surface area contributed by atoms with Crippen molar-refractivity contribution in [3.8, 4) is 0 Å². The molecule has 2 aliphatic rings. The minimum absolute atomic E-state index is 0.280. The molecule has 2 aromatic rings.